The van der Waals surface area contributed by atoms with Crippen LogP contribution in [0.1, 0.15) is 15.9 Å². The number of nitrogens with zero attached hydrogens (tertiary/aromatic N) is 2. The highest BCUT2D eigenvalue weighted by atomic mass is 19.1. The highest BCUT2D eigenvalue weighted by Gasteiger charge is 2.12. The SMILES string of the molecule is COc1ncnc(Nc2ccc(C(=O)O)c(F)c2)c1C. The molecule has 0 spiro atoms. The van der Waals surface area contributed by atoms with Gasteiger partial charge in [-0.1, -0.05) is 0 Å². The van der Waals surface area contributed by atoms with E-state index in [1.165, 1.54) is 25.6 Å². The van der Waals surface area contributed by atoms with Crippen molar-refractivity contribution in [3.63, 3.8) is 0 Å². The van der Waals surface area contributed by atoms with Gasteiger partial charge < -0.3 is 15.2 Å². The second-order valence-electron chi connectivity index (χ2n) is 3.98. The lowest BCUT2D eigenvalue weighted by molar-refractivity contribution is 0.0692. The molecule has 0 aliphatic rings. The number of aromatic carboxylic acids is 1. The minimum absolute atomic E-state index is 0.382. The Bertz CT molecular complexity index is 661. The summed E-state index contributed by atoms with van der Waals surface area (Å²) in [6.07, 6.45) is 1.32. The maximum absolute atomic E-state index is 13.6. The molecule has 0 saturated carbocycles. The number of ether oxygens (including phenoxy) is 1. The van der Waals surface area contributed by atoms with Crippen LogP contribution >= 0.6 is 0 Å². The van der Waals surface area contributed by atoms with Crippen LogP contribution in [0.15, 0.2) is 24.5 Å². The van der Waals surface area contributed by atoms with Gasteiger partial charge in [-0.2, -0.15) is 0 Å². The fourth-order valence-electron chi connectivity index (χ4n) is 1.67. The van der Waals surface area contributed by atoms with Crippen LogP contribution < -0.4 is 10.1 Å². The Hall–Kier alpha value is -2.70. The predicted molar refractivity (Wildman–Crippen MR) is 70.0 cm³/mol. The second kappa shape index (κ2) is 5.52. The van der Waals surface area contributed by atoms with Crippen molar-refractivity contribution >= 4 is 17.5 Å². The van der Waals surface area contributed by atoms with Gasteiger partial charge in [-0.25, -0.2) is 19.2 Å². The van der Waals surface area contributed by atoms with E-state index in [9.17, 15) is 9.18 Å². The van der Waals surface area contributed by atoms with Gasteiger partial charge in [0.2, 0.25) is 5.88 Å². The van der Waals surface area contributed by atoms with Gasteiger partial charge in [0.1, 0.15) is 18.0 Å². The van der Waals surface area contributed by atoms with Crippen LogP contribution in [0, 0.1) is 12.7 Å². The van der Waals surface area contributed by atoms with Gasteiger partial charge in [0, 0.05) is 5.69 Å². The molecule has 6 nitrogen and oxygen atoms in total. The van der Waals surface area contributed by atoms with E-state index in [1.54, 1.807) is 6.92 Å². The first kappa shape index (κ1) is 13.7. The third-order valence-corrected chi connectivity index (χ3v) is 2.69. The molecule has 0 saturated heterocycles. The zero-order valence-electron chi connectivity index (χ0n) is 10.8. The van der Waals surface area contributed by atoms with E-state index in [-0.39, 0.29) is 5.56 Å². The van der Waals surface area contributed by atoms with Crippen molar-refractivity contribution < 1.29 is 19.0 Å². The van der Waals surface area contributed by atoms with Crippen LogP contribution in [0.2, 0.25) is 0 Å². The molecule has 0 fully saturated rings. The van der Waals surface area contributed by atoms with E-state index in [1.807, 2.05) is 0 Å². The molecule has 0 aliphatic heterocycles. The number of anilines is 2. The lowest BCUT2D eigenvalue weighted by Gasteiger charge is -2.10. The first-order valence-corrected chi connectivity index (χ1v) is 5.68. The van der Waals surface area contributed by atoms with Gasteiger partial charge in [0.15, 0.2) is 0 Å². The van der Waals surface area contributed by atoms with Gasteiger partial charge in [-0.15, -0.1) is 0 Å². The van der Waals surface area contributed by atoms with Crippen molar-refractivity contribution in [2.45, 2.75) is 6.92 Å². The summed E-state index contributed by atoms with van der Waals surface area (Å²) in [6.45, 7) is 1.75. The summed E-state index contributed by atoms with van der Waals surface area (Å²) < 4.78 is 18.6. The molecule has 1 heterocycles. The standard InChI is InChI=1S/C13H12FN3O3/c1-7-11(15-6-16-12(7)20-2)17-8-3-4-9(13(18)19)10(14)5-8/h3-6H,1-2H3,(H,18,19)(H,15,16,17). The van der Waals surface area contributed by atoms with E-state index in [0.717, 1.165) is 6.07 Å². The third kappa shape index (κ3) is 2.66. The fourth-order valence-corrected chi connectivity index (χ4v) is 1.67. The third-order valence-electron chi connectivity index (χ3n) is 2.69. The largest absolute Gasteiger partial charge is 0.481 e. The molecule has 0 unspecified atom stereocenters. The molecule has 2 rings (SSSR count). The van der Waals surface area contributed by atoms with Crippen LogP contribution in [0.5, 0.6) is 5.88 Å². The van der Waals surface area contributed by atoms with Crippen molar-refractivity contribution in [3.8, 4) is 5.88 Å². The number of benzene rings is 1. The molecule has 1 aromatic carbocycles. The lowest BCUT2D eigenvalue weighted by Crippen LogP contribution is -2.03. The second-order valence-corrected chi connectivity index (χ2v) is 3.98. The number of methoxy groups -OCH3 is 1. The van der Waals surface area contributed by atoms with Gasteiger partial charge >= 0.3 is 5.97 Å². The van der Waals surface area contributed by atoms with E-state index >= 15 is 0 Å². The van der Waals surface area contributed by atoms with Gasteiger partial charge in [0.05, 0.1) is 18.2 Å². The quantitative estimate of drug-likeness (QED) is 0.892. The van der Waals surface area contributed by atoms with Crippen molar-refractivity contribution in [2.75, 3.05) is 12.4 Å². The molecule has 2 aromatic rings. The number of carboxylic acid groups (broad SMARTS) is 1. The maximum Gasteiger partial charge on any atom is 0.338 e. The molecule has 0 radical (unpaired) electrons. The van der Waals surface area contributed by atoms with Crippen LogP contribution in [0.25, 0.3) is 0 Å². The summed E-state index contributed by atoms with van der Waals surface area (Å²) in [6, 6.07) is 3.74. The van der Waals surface area contributed by atoms with Crippen LogP contribution in [0.4, 0.5) is 15.9 Å². The Morgan fingerprint density at radius 3 is 2.75 bits per heavy atom. The number of rotatable bonds is 4. The molecular weight excluding hydrogens is 265 g/mol. The van der Waals surface area contributed by atoms with Crippen molar-refractivity contribution in [3.05, 3.63) is 41.5 Å². The highest BCUT2D eigenvalue weighted by Crippen LogP contribution is 2.24. The fraction of sp³-hybridized carbons (Fsp3) is 0.154. The molecule has 1 aromatic heterocycles. The Morgan fingerprint density at radius 1 is 1.40 bits per heavy atom. The molecule has 20 heavy (non-hydrogen) atoms. The van der Waals surface area contributed by atoms with E-state index < -0.39 is 11.8 Å². The molecule has 7 heteroatoms. The number of hydrogen-bond acceptors (Lipinski definition) is 5. The van der Waals surface area contributed by atoms with Crippen molar-refractivity contribution in [2.24, 2.45) is 0 Å². The van der Waals surface area contributed by atoms with Gasteiger partial charge in [0.25, 0.3) is 0 Å². The Morgan fingerprint density at radius 2 is 2.15 bits per heavy atom. The zero-order chi connectivity index (χ0) is 14.7. The van der Waals surface area contributed by atoms with E-state index in [2.05, 4.69) is 15.3 Å². The number of carboxylic acids is 1. The summed E-state index contributed by atoms with van der Waals surface area (Å²) in [5.41, 5.74) is 0.668. The monoisotopic (exact) mass is 277 g/mol. The number of hydrogen-bond donors (Lipinski definition) is 2. The molecule has 0 bridgehead atoms. The Balaban J connectivity index is 2.31. The molecule has 0 amide bonds. The van der Waals surface area contributed by atoms with Gasteiger partial charge in [-0.05, 0) is 25.1 Å². The number of nitrogens with one attached hydrogen (secondary N) is 1. The first-order chi connectivity index (χ1) is 9.52. The molecule has 0 aliphatic carbocycles. The van der Waals surface area contributed by atoms with Crippen molar-refractivity contribution in [1.82, 2.24) is 9.97 Å². The van der Waals surface area contributed by atoms with Crippen molar-refractivity contribution in [1.29, 1.82) is 0 Å². The molecule has 0 atom stereocenters. The normalized spacial score (nSPS) is 10.2. The lowest BCUT2D eigenvalue weighted by atomic mass is 10.2. The molecular formula is C13H12FN3O3. The summed E-state index contributed by atoms with van der Waals surface area (Å²) >= 11 is 0. The number of halogens is 1. The highest BCUT2D eigenvalue weighted by molar-refractivity contribution is 5.88. The first-order valence-electron chi connectivity index (χ1n) is 5.68. The van der Waals surface area contributed by atoms with Crippen LogP contribution in [-0.4, -0.2) is 28.2 Å². The van der Waals surface area contributed by atoms with E-state index in [0.29, 0.717) is 22.9 Å². The molecule has 104 valence electrons. The average molecular weight is 277 g/mol. The topological polar surface area (TPSA) is 84.3 Å². The summed E-state index contributed by atoms with van der Waals surface area (Å²) in [5, 5.41) is 11.7. The van der Waals surface area contributed by atoms with Crippen LogP contribution in [0.3, 0.4) is 0 Å². The predicted octanol–water partition coefficient (Wildman–Crippen LogP) is 2.37. The minimum atomic E-state index is -1.31. The zero-order valence-corrected chi connectivity index (χ0v) is 10.8. The number of aromatic nitrogens is 2. The maximum atomic E-state index is 13.6. The van der Waals surface area contributed by atoms with Gasteiger partial charge in [-0.3, -0.25) is 0 Å². The van der Waals surface area contributed by atoms with Crippen LogP contribution in [-0.2, 0) is 0 Å². The molecule has 2 N–H and O–H groups in total. The van der Waals surface area contributed by atoms with E-state index in [4.69, 9.17) is 9.84 Å². The number of carbonyl (C=O) groups is 1. The Labute approximate surface area is 114 Å². The Kier molecular flexibility index (Phi) is 3.79. The summed E-state index contributed by atoms with van der Waals surface area (Å²) in [4.78, 5) is 18.7. The summed E-state index contributed by atoms with van der Waals surface area (Å²) in [7, 11) is 1.49. The summed E-state index contributed by atoms with van der Waals surface area (Å²) in [5.74, 6) is -1.26. The average Bonchev–Trinajstić information content (AvgIpc) is 2.41. The minimum Gasteiger partial charge on any atom is -0.481 e. The smallest absolute Gasteiger partial charge is 0.338 e.